The number of hydrogen-bond acceptors (Lipinski definition) is 9. The molecule has 0 saturated carbocycles. The van der Waals surface area contributed by atoms with Gasteiger partial charge in [-0.3, -0.25) is 29.4 Å². The first kappa shape index (κ1) is 30.1. The molecule has 0 aliphatic carbocycles. The molecule has 1 atom stereocenters. The second kappa shape index (κ2) is 11.8. The highest BCUT2D eigenvalue weighted by Crippen LogP contribution is 2.34. The molecule has 0 aromatic heterocycles. The summed E-state index contributed by atoms with van der Waals surface area (Å²) in [5.41, 5.74) is 6.17. The van der Waals surface area contributed by atoms with Gasteiger partial charge in [0.1, 0.15) is 11.9 Å². The zero-order chi connectivity index (χ0) is 30.5. The Morgan fingerprint density at radius 2 is 1.42 bits per heavy atom. The fourth-order valence-corrected chi connectivity index (χ4v) is 8.48. The molecule has 3 N–H and O–H groups in total. The van der Waals surface area contributed by atoms with E-state index in [2.05, 4.69) is 10.2 Å². The zero-order valence-corrected chi connectivity index (χ0v) is 24.9. The van der Waals surface area contributed by atoms with E-state index in [1.54, 1.807) is 8.61 Å². The van der Waals surface area contributed by atoms with E-state index in [4.69, 9.17) is 5.73 Å². The van der Waals surface area contributed by atoms with E-state index in [1.807, 2.05) is 4.90 Å². The van der Waals surface area contributed by atoms with Crippen molar-refractivity contribution < 1.29 is 32.0 Å². The third-order valence-electron chi connectivity index (χ3n) is 9.46. The minimum Gasteiger partial charge on any atom is -0.369 e. The van der Waals surface area contributed by atoms with E-state index in [0.717, 1.165) is 30.4 Å². The van der Waals surface area contributed by atoms with Gasteiger partial charge in [0.25, 0.3) is 22.0 Å². The van der Waals surface area contributed by atoms with Crippen molar-refractivity contribution in [1.29, 1.82) is 0 Å². The van der Waals surface area contributed by atoms with Crippen LogP contribution in [0.25, 0.3) is 0 Å². The van der Waals surface area contributed by atoms with Crippen molar-refractivity contribution in [2.24, 2.45) is 11.7 Å². The van der Waals surface area contributed by atoms with Crippen LogP contribution in [0, 0.1) is 11.7 Å². The minimum absolute atomic E-state index is 0.0152. The average Bonchev–Trinajstić information content (AvgIpc) is 3.22. The van der Waals surface area contributed by atoms with Crippen LogP contribution in [-0.4, -0.2) is 121 Å². The number of imide groups is 2. The summed E-state index contributed by atoms with van der Waals surface area (Å²) in [5.74, 6) is -2.78. The molecule has 0 spiro atoms. The molecule has 1 aromatic carbocycles. The van der Waals surface area contributed by atoms with Gasteiger partial charge in [-0.1, -0.05) is 0 Å². The Kier molecular flexibility index (Phi) is 8.28. The second-order valence-electron chi connectivity index (χ2n) is 12.2. The van der Waals surface area contributed by atoms with E-state index in [9.17, 15) is 27.6 Å². The number of carbonyl (C=O) groups excluding carboxylic acids is 4. The van der Waals surface area contributed by atoms with E-state index in [1.165, 1.54) is 6.07 Å². The molecule has 1 unspecified atom stereocenters. The standard InChI is InChI=1S/C28H38FN7O6S/c29-22-15-20-21(28(40)36(27(20)39)23-1-2-25(37)31-26(23)38)16-24(22)33-7-3-18(4-8-33)17-32-11-13-35(14-12-32)43(41,42)34-9-5-19(30)6-10-34/h15-16,18-19,23H,1-14,17,30H2,(H,31,37,38). The van der Waals surface area contributed by atoms with Gasteiger partial charge >= 0.3 is 0 Å². The van der Waals surface area contributed by atoms with Crippen molar-refractivity contribution in [2.75, 3.05) is 63.8 Å². The van der Waals surface area contributed by atoms with Crippen LogP contribution >= 0.6 is 0 Å². The van der Waals surface area contributed by atoms with Gasteiger partial charge < -0.3 is 15.5 Å². The number of piperidine rings is 3. The molecule has 13 nitrogen and oxygen atoms in total. The number of nitrogens with zero attached hydrogens (tertiary/aromatic N) is 5. The van der Waals surface area contributed by atoms with Crippen molar-refractivity contribution in [3.05, 3.63) is 29.1 Å². The molecule has 4 saturated heterocycles. The van der Waals surface area contributed by atoms with Gasteiger partial charge in [-0.2, -0.15) is 17.0 Å². The number of fused-ring (bicyclic) bond motifs is 1. The number of piperazine rings is 1. The van der Waals surface area contributed by atoms with Crippen LogP contribution in [0.4, 0.5) is 10.1 Å². The quantitative estimate of drug-likeness (QED) is 0.409. The summed E-state index contributed by atoms with van der Waals surface area (Å²) in [6, 6.07) is 1.45. The van der Waals surface area contributed by atoms with E-state index < -0.39 is 45.7 Å². The highest BCUT2D eigenvalue weighted by Gasteiger charge is 2.45. The number of rotatable bonds is 6. The van der Waals surface area contributed by atoms with Crippen LogP contribution in [0.3, 0.4) is 0 Å². The summed E-state index contributed by atoms with van der Waals surface area (Å²) in [6.45, 7) is 5.14. The van der Waals surface area contributed by atoms with Gasteiger partial charge in [-0.25, -0.2) is 4.39 Å². The number of amides is 4. The van der Waals surface area contributed by atoms with Gasteiger partial charge in [0.2, 0.25) is 11.8 Å². The first-order chi connectivity index (χ1) is 20.5. The summed E-state index contributed by atoms with van der Waals surface area (Å²) in [5, 5.41) is 2.16. The second-order valence-corrected chi connectivity index (χ2v) is 14.1. The van der Waals surface area contributed by atoms with Crippen LogP contribution in [-0.2, 0) is 19.8 Å². The summed E-state index contributed by atoms with van der Waals surface area (Å²) in [7, 11) is -3.47. The Hall–Kier alpha value is -2.98. The van der Waals surface area contributed by atoms with E-state index in [-0.39, 0.29) is 35.7 Å². The molecular formula is C28H38FN7O6S. The maximum Gasteiger partial charge on any atom is 0.282 e. The van der Waals surface area contributed by atoms with Crippen molar-refractivity contribution >= 4 is 39.5 Å². The number of carbonyl (C=O) groups is 4. The molecular weight excluding hydrogens is 581 g/mol. The fourth-order valence-electron chi connectivity index (χ4n) is 6.86. The maximum absolute atomic E-state index is 15.3. The lowest BCUT2D eigenvalue weighted by molar-refractivity contribution is -0.136. The smallest absolute Gasteiger partial charge is 0.282 e. The lowest BCUT2D eigenvalue weighted by Crippen LogP contribution is -2.55. The van der Waals surface area contributed by atoms with Crippen LogP contribution in [0.2, 0.25) is 0 Å². The predicted molar refractivity (Wildman–Crippen MR) is 154 cm³/mol. The van der Waals surface area contributed by atoms with Gasteiger partial charge in [0, 0.05) is 71.4 Å². The highest BCUT2D eigenvalue weighted by molar-refractivity contribution is 7.86. The molecule has 0 radical (unpaired) electrons. The Morgan fingerprint density at radius 1 is 0.814 bits per heavy atom. The molecule has 1 aromatic rings. The first-order valence-electron chi connectivity index (χ1n) is 15.1. The summed E-state index contributed by atoms with van der Waals surface area (Å²) in [6.07, 6.45) is 3.03. The van der Waals surface area contributed by atoms with Crippen molar-refractivity contribution in [2.45, 2.75) is 50.6 Å². The fraction of sp³-hybridized carbons (Fsp3) is 0.643. The molecule has 4 fully saturated rings. The number of anilines is 1. The molecule has 5 heterocycles. The van der Waals surface area contributed by atoms with E-state index in [0.29, 0.717) is 71.1 Å². The van der Waals surface area contributed by atoms with Gasteiger partial charge in [0.15, 0.2) is 0 Å². The van der Waals surface area contributed by atoms with Crippen LogP contribution in [0.5, 0.6) is 0 Å². The number of benzene rings is 1. The van der Waals surface area contributed by atoms with Crippen LogP contribution < -0.4 is 16.0 Å². The van der Waals surface area contributed by atoms with Crippen molar-refractivity contribution in [1.82, 2.24) is 23.7 Å². The average molecular weight is 620 g/mol. The van der Waals surface area contributed by atoms with Crippen molar-refractivity contribution in [3.8, 4) is 0 Å². The SMILES string of the molecule is NC1CCN(S(=O)(=O)N2CCN(CC3CCN(c4cc5c(cc4F)C(=O)N(C4CCC(=O)NC4=O)C5=O)CC3)CC2)CC1. The highest BCUT2D eigenvalue weighted by atomic mass is 32.2. The third-order valence-corrected chi connectivity index (χ3v) is 11.5. The summed E-state index contributed by atoms with van der Waals surface area (Å²) < 4.78 is 44.5. The summed E-state index contributed by atoms with van der Waals surface area (Å²) >= 11 is 0. The van der Waals surface area contributed by atoms with Crippen LogP contribution in [0.1, 0.15) is 59.2 Å². The topological polar surface area (TPSA) is 157 Å². The number of halogens is 1. The van der Waals surface area contributed by atoms with Crippen LogP contribution in [0.15, 0.2) is 12.1 Å². The van der Waals surface area contributed by atoms with Gasteiger partial charge in [0.05, 0.1) is 16.8 Å². The third kappa shape index (κ3) is 5.80. The Labute approximate surface area is 250 Å². The molecule has 4 amide bonds. The molecule has 15 heteroatoms. The Balaban J connectivity index is 1.03. The molecule has 0 bridgehead atoms. The Bertz CT molecular complexity index is 1420. The minimum atomic E-state index is -3.47. The number of nitrogens with two attached hydrogens (primary N) is 1. The molecule has 6 rings (SSSR count). The van der Waals surface area contributed by atoms with Gasteiger partial charge in [-0.15, -0.1) is 0 Å². The lowest BCUT2D eigenvalue weighted by atomic mass is 9.95. The molecule has 5 aliphatic heterocycles. The first-order valence-corrected chi connectivity index (χ1v) is 16.5. The predicted octanol–water partition coefficient (Wildman–Crippen LogP) is -0.271. The van der Waals surface area contributed by atoms with Crippen molar-refractivity contribution in [3.63, 3.8) is 0 Å². The monoisotopic (exact) mass is 619 g/mol. The lowest BCUT2D eigenvalue weighted by Gasteiger charge is -2.40. The Morgan fingerprint density at radius 3 is 2.05 bits per heavy atom. The normalized spacial score (nSPS) is 25.9. The summed E-state index contributed by atoms with van der Waals surface area (Å²) in [4.78, 5) is 55.0. The maximum atomic E-state index is 15.3. The largest absolute Gasteiger partial charge is 0.369 e. The molecule has 234 valence electrons. The molecule has 5 aliphatic rings. The van der Waals surface area contributed by atoms with Gasteiger partial charge in [-0.05, 0) is 50.2 Å². The molecule has 43 heavy (non-hydrogen) atoms. The number of nitrogens with one attached hydrogen (secondary N) is 1. The van der Waals surface area contributed by atoms with E-state index >= 15 is 4.39 Å². The number of hydrogen-bond donors (Lipinski definition) is 2. The zero-order valence-electron chi connectivity index (χ0n) is 24.0.